The minimum atomic E-state index is -3.10. The maximum absolute atomic E-state index is 12.3. The van der Waals surface area contributed by atoms with E-state index in [1.807, 2.05) is 0 Å². The van der Waals surface area contributed by atoms with Gasteiger partial charge in [-0.1, -0.05) is 0 Å². The van der Waals surface area contributed by atoms with Crippen LogP contribution < -0.4 is 14.9 Å². The predicted octanol–water partition coefficient (Wildman–Crippen LogP) is 1.45. The van der Waals surface area contributed by atoms with Crippen LogP contribution >= 0.6 is 0 Å². The molecule has 6 nitrogen and oxygen atoms in total. The lowest BCUT2D eigenvalue weighted by Crippen LogP contribution is -2.18. The highest BCUT2D eigenvalue weighted by molar-refractivity contribution is 5.93. The van der Waals surface area contributed by atoms with Gasteiger partial charge in [-0.15, -0.1) is 0 Å². The lowest BCUT2D eigenvalue weighted by molar-refractivity contribution is 0.0695. The number of aromatic carboxylic acids is 1. The van der Waals surface area contributed by atoms with Crippen LogP contribution in [0.5, 0.6) is 11.5 Å². The van der Waals surface area contributed by atoms with Gasteiger partial charge in [-0.25, -0.2) is 4.79 Å². The summed E-state index contributed by atoms with van der Waals surface area (Å²) in [7, 11) is 0. The molecule has 19 heavy (non-hydrogen) atoms. The Labute approximate surface area is 114 Å². The Hall–Kier alpha value is -2.50. The molecule has 0 atom stereocenters. The Morgan fingerprint density at radius 1 is 1.53 bits per heavy atom. The van der Waals surface area contributed by atoms with E-state index in [1.54, 1.807) is 0 Å². The Bertz CT molecular complexity index is 918. The third-order valence-electron chi connectivity index (χ3n) is 2.85. The zero-order valence-electron chi connectivity index (χ0n) is 14.5. The number of carboxylic acid groups (broad SMARTS) is 1. The summed E-state index contributed by atoms with van der Waals surface area (Å²) in [5, 5.41) is 9.01. The molecule has 1 N–H and O–H groups in total. The number of aryl methyl sites for hydroxylation is 1. The van der Waals surface area contributed by atoms with Crippen LogP contribution in [0.15, 0.2) is 23.1 Å². The van der Waals surface area contributed by atoms with E-state index in [-0.39, 0.29) is 29.2 Å². The molecule has 1 aromatic heterocycles. The first-order valence-corrected chi connectivity index (χ1v) is 5.27. The van der Waals surface area contributed by atoms with E-state index in [0.29, 0.717) is 10.8 Å². The van der Waals surface area contributed by atoms with Gasteiger partial charge in [0.15, 0.2) is 11.5 Å². The zero-order valence-corrected chi connectivity index (χ0v) is 9.47. The fourth-order valence-corrected chi connectivity index (χ4v) is 1.96. The number of carbonyl (C=O) groups is 1. The van der Waals surface area contributed by atoms with Crippen LogP contribution in [0.4, 0.5) is 0 Å². The third kappa shape index (κ3) is 1.64. The molecular formula is C13H11NO5. The van der Waals surface area contributed by atoms with Crippen molar-refractivity contribution in [3.8, 4) is 11.5 Å². The number of carboxylic acids is 1. The molecule has 0 radical (unpaired) electrons. The number of hydrogen-bond acceptors (Lipinski definition) is 4. The summed E-state index contributed by atoms with van der Waals surface area (Å²) >= 11 is 0. The molecule has 0 spiro atoms. The number of nitrogens with zero attached hydrogens (tertiary/aromatic N) is 1. The number of ether oxygens (including phenoxy) is 2. The van der Waals surface area contributed by atoms with Crippen LogP contribution in [-0.4, -0.2) is 22.4 Å². The molecule has 0 aliphatic carbocycles. The number of hydrogen-bond donors (Lipinski definition) is 1. The van der Waals surface area contributed by atoms with Crippen molar-refractivity contribution in [1.29, 1.82) is 0 Å². The van der Waals surface area contributed by atoms with E-state index >= 15 is 0 Å². The molecule has 1 aromatic carbocycles. The number of aromatic nitrogens is 1. The first kappa shape index (κ1) is 7.18. The minimum absolute atomic E-state index is 0.102. The van der Waals surface area contributed by atoms with Gasteiger partial charge in [-0.2, -0.15) is 0 Å². The first-order chi connectivity index (χ1) is 11.0. The molecule has 6 heteroatoms. The van der Waals surface area contributed by atoms with E-state index in [2.05, 4.69) is 0 Å². The molecule has 1 aliphatic heterocycles. The Morgan fingerprint density at radius 2 is 2.26 bits per heavy atom. The molecule has 98 valence electrons. The summed E-state index contributed by atoms with van der Waals surface area (Å²) in [5.41, 5.74) is -1.71. The summed E-state index contributed by atoms with van der Waals surface area (Å²) in [6.45, 7) is -6.16. The lowest BCUT2D eigenvalue weighted by atomic mass is 10.1. The molecule has 0 amide bonds. The second-order valence-corrected chi connectivity index (χ2v) is 3.88. The smallest absolute Gasteiger partial charge is 0.341 e. The topological polar surface area (TPSA) is 77.8 Å². The first-order valence-electron chi connectivity index (χ1n) is 7.77. The number of benzene rings is 1. The molecule has 2 aromatic rings. The van der Waals surface area contributed by atoms with E-state index < -0.39 is 30.3 Å². The molecule has 1 aliphatic rings. The highest BCUT2D eigenvalue weighted by Gasteiger charge is 2.20. The summed E-state index contributed by atoms with van der Waals surface area (Å²) < 4.78 is 48.9. The molecule has 0 saturated heterocycles. The van der Waals surface area contributed by atoms with Gasteiger partial charge in [0.05, 0.1) is 10.9 Å². The summed E-state index contributed by atoms with van der Waals surface area (Å²) in [4.78, 5) is 23.6. The molecule has 0 bridgehead atoms. The summed E-state index contributed by atoms with van der Waals surface area (Å²) in [5.74, 6) is -1.18. The molecule has 2 heterocycles. The van der Waals surface area contributed by atoms with Crippen LogP contribution in [0.25, 0.3) is 10.9 Å². The molecule has 3 rings (SSSR count). The van der Waals surface area contributed by atoms with E-state index in [1.165, 1.54) is 12.1 Å². The highest BCUT2D eigenvalue weighted by atomic mass is 16.7. The second kappa shape index (κ2) is 4.01. The Balaban J connectivity index is 2.46. The fraction of sp³-hybridized carbons (Fsp3) is 0.231. The SMILES string of the molecule is [2H]C([2H])([2H])C([2H])([2H])n1cc(C(=O)O)c(=O)c2cc3c(cc21)OCO3. The fourth-order valence-electron chi connectivity index (χ4n) is 1.96. The van der Waals surface area contributed by atoms with Crippen molar-refractivity contribution in [2.24, 2.45) is 0 Å². The standard InChI is InChI=1S/C13H11NO5/c1-2-14-5-8(13(16)17)12(15)7-3-10-11(4-9(7)14)19-6-18-10/h3-5H,2,6H2,1H3,(H,16,17)/i1D3,2D2. The predicted molar refractivity (Wildman–Crippen MR) is 67.0 cm³/mol. The molecule has 0 unspecified atom stereocenters. The monoisotopic (exact) mass is 266 g/mol. The average molecular weight is 266 g/mol. The van der Waals surface area contributed by atoms with Crippen molar-refractivity contribution >= 4 is 16.9 Å². The zero-order chi connectivity index (χ0) is 17.9. The van der Waals surface area contributed by atoms with Crippen LogP contribution in [-0.2, 0) is 6.50 Å². The minimum Gasteiger partial charge on any atom is -0.477 e. The van der Waals surface area contributed by atoms with Crippen LogP contribution in [0.1, 0.15) is 24.1 Å². The van der Waals surface area contributed by atoms with E-state index in [9.17, 15) is 14.7 Å². The van der Waals surface area contributed by atoms with Crippen LogP contribution in [0.3, 0.4) is 0 Å². The summed E-state index contributed by atoms with van der Waals surface area (Å²) in [6, 6.07) is 2.48. The van der Waals surface area contributed by atoms with E-state index in [0.717, 1.165) is 0 Å². The second-order valence-electron chi connectivity index (χ2n) is 3.88. The summed E-state index contributed by atoms with van der Waals surface area (Å²) in [6.07, 6.45) is 0.696. The van der Waals surface area contributed by atoms with Gasteiger partial charge in [0.1, 0.15) is 5.56 Å². The lowest BCUT2D eigenvalue weighted by Gasteiger charge is -2.10. The van der Waals surface area contributed by atoms with Gasteiger partial charge in [0, 0.05) is 25.6 Å². The van der Waals surface area contributed by atoms with Gasteiger partial charge in [-0.05, 0) is 12.9 Å². The largest absolute Gasteiger partial charge is 0.477 e. The third-order valence-corrected chi connectivity index (χ3v) is 2.85. The van der Waals surface area contributed by atoms with Crippen molar-refractivity contribution in [2.45, 2.75) is 13.3 Å². The van der Waals surface area contributed by atoms with Gasteiger partial charge in [-0.3, -0.25) is 4.79 Å². The van der Waals surface area contributed by atoms with Crippen molar-refractivity contribution in [3.05, 3.63) is 34.1 Å². The number of rotatable bonds is 2. The van der Waals surface area contributed by atoms with Crippen LogP contribution in [0.2, 0.25) is 0 Å². The van der Waals surface area contributed by atoms with Gasteiger partial charge < -0.3 is 19.1 Å². The quantitative estimate of drug-likeness (QED) is 0.890. The van der Waals surface area contributed by atoms with Crippen molar-refractivity contribution in [1.82, 2.24) is 4.57 Å². The Kier molecular flexibility index (Phi) is 1.52. The van der Waals surface area contributed by atoms with Gasteiger partial charge in [0.2, 0.25) is 12.2 Å². The normalized spacial score (nSPS) is 18.2. The van der Waals surface area contributed by atoms with Gasteiger partial charge in [0.25, 0.3) is 0 Å². The van der Waals surface area contributed by atoms with Crippen molar-refractivity contribution in [3.63, 3.8) is 0 Å². The average Bonchev–Trinajstić information content (AvgIpc) is 2.91. The maximum atomic E-state index is 12.3. The maximum Gasteiger partial charge on any atom is 0.341 e. The van der Waals surface area contributed by atoms with Gasteiger partial charge >= 0.3 is 5.97 Å². The highest BCUT2D eigenvalue weighted by Crippen LogP contribution is 2.35. The van der Waals surface area contributed by atoms with Crippen molar-refractivity contribution < 1.29 is 26.2 Å². The Morgan fingerprint density at radius 3 is 2.95 bits per heavy atom. The molecule has 0 fully saturated rings. The number of pyridine rings is 1. The molecular weight excluding hydrogens is 250 g/mol. The molecule has 0 saturated carbocycles. The van der Waals surface area contributed by atoms with Crippen LogP contribution in [0, 0.1) is 0 Å². The number of fused-ring (bicyclic) bond motifs is 2. The van der Waals surface area contributed by atoms with Crippen molar-refractivity contribution in [2.75, 3.05) is 6.79 Å². The van der Waals surface area contributed by atoms with E-state index in [4.69, 9.17) is 16.3 Å².